The molecule has 364 valence electrons. The minimum atomic E-state index is 1.08. The van der Waals surface area contributed by atoms with Gasteiger partial charge in [-0.2, -0.15) is 0 Å². The van der Waals surface area contributed by atoms with Crippen molar-refractivity contribution in [2.75, 3.05) is 19.6 Å². The van der Waals surface area contributed by atoms with Gasteiger partial charge in [0.15, 0.2) is 0 Å². The summed E-state index contributed by atoms with van der Waals surface area (Å²) < 4.78 is 0. The monoisotopic (exact) mass is 976 g/mol. The molecule has 0 N–H and O–H groups in total. The zero-order valence-corrected chi connectivity index (χ0v) is 43.2. The Morgan fingerprint density at radius 3 is 0.605 bits per heavy atom. The summed E-state index contributed by atoms with van der Waals surface area (Å²) in [6.45, 7) is 8.86. The van der Waals surface area contributed by atoms with Crippen LogP contribution in [-0.4, -0.2) is 0 Å². The molecule has 4 heteroatoms. The van der Waals surface area contributed by atoms with Crippen molar-refractivity contribution in [2.45, 2.75) is 27.7 Å². The van der Waals surface area contributed by atoms with E-state index in [0.717, 1.165) is 79.0 Å². The molecule has 13 aromatic carbocycles. The molecule has 76 heavy (non-hydrogen) atoms. The van der Waals surface area contributed by atoms with Gasteiger partial charge in [0, 0.05) is 68.2 Å². The van der Waals surface area contributed by atoms with Gasteiger partial charge in [0.2, 0.25) is 0 Å². The number of para-hydroxylation sites is 8. The molecule has 4 nitrogen and oxygen atoms in total. The highest BCUT2D eigenvalue weighted by Gasteiger charge is 2.26. The maximum Gasteiger partial charge on any atom is 0.0490 e. The molecule has 0 aliphatic rings. The number of fused-ring (bicyclic) bond motifs is 2. The SMILES string of the molecule is Cc1ccccc1N(c1ccccc1)c1cc2cc(N(c3ccccc3)c3ccccc3C)cc3c4cc(N(c5ccccc5)c5ccccc5C)cc5cc(N(c6ccccc6)c6ccccc6C)cc(c(c1)c23)c54. The van der Waals surface area contributed by atoms with Crippen LogP contribution in [0.2, 0.25) is 0 Å². The highest BCUT2D eigenvalue weighted by Crippen LogP contribution is 2.52. The second kappa shape index (κ2) is 19.3. The molecule has 0 saturated carbocycles. The largest absolute Gasteiger partial charge is 0.310 e. The Morgan fingerprint density at radius 1 is 0.197 bits per heavy atom. The van der Waals surface area contributed by atoms with Crippen molar-refractivity contribution in [1.82, 2.24) is 0 Å². The van der Waals surface area contributed by atoms with Gasteiger partial charge in [0.05, 0.1) is 0 Å². The van der Waals surface area contributed by atoms with Gasteiger partial charge in [-0.05, 0) is 214 Å². The second-order valence-corrected chi connectivity index (χ2v) is 20.0. The van der Waals surface area contributed by atoms with E-state index in [4.69, 9.17) is 0 Å². The van der Waals surface area contributed by atoms with Gasteiger partial charge in [0.25, 0.3) is 0 Å². The number of hydrogen-bond donors (Lipinski definition) is 0. The predicted octanol–water partition coefficient (Wildman–Crippen LogP) is 20.9. The van der Waals surface area contributed by atoms with E-state index < -0.39 is 0 Å². The van der Waals surface area contributed by atoms with E-state index in [-0.39, 0.29) is 0 Å². The van der Waals surface area contributed by atoms with Crippen molar-refractivity contribution in [3.63, 3.8) is 0 Å². The summed E-state index contributed by atoms with van der Waals surface area (Å²) in [6.07, 6.45) is 0. The molecule has 0 heterocycles. The van der Waals surface area contributed by atoms with Crippen LogP contribution < -0.4 is 19.6 Å². The lowest BCUT2D eigenvalue weighted by Crippen LogP contribution is -2.13. The summed E-state index contributed by atoms with van der Waals surface area (Å²) >= 11 is 0. The molecule has 0 spiro atoms. The first-order chi connectivity index (χ1) is 37.4. The fraction of sp³-hybridized carbons (Fsp3) is 0.0556. The van der Waals surface area contributed by atoms with Gasteiger partial charge in [-0.1, -0.05) is 146 Å². The van der Waals surface area contributed by atoms with Crippen molar-refractivity contribution in [3.8, 4) is 0 Å². The van der Waals surface area contributed by atoms with E-state index in [1.807, 2.05) is 0 Å². The summed E-state index contributed by atoms with van der Waals surface area (Å²) in [6, 6.07) is 97.9. The topological polar surface area (TPSA) is 13.0 Å². The van der Waals surface area contributed by atoms with Gasteiger partial charge in [-0.15, -0.1) is 0 Å². The Kier molecular flexibility index (Phi) is 11.7. The number of benzene rings is 13. The maximum absolute atomic E-state index is 2.46. The van der Waals surface area contributed by atoms with E-state index in [9.17, 15) is 0 Å². The lowest BCUT2D eigenvalue weighted by molar-refractivity contribution is 1.25. The zero-order chi connectivity index (χ0) is 51.3. The van der Waals surface area contributed by atoms with Crippen LogP contribution in [0.4, 0.5) is 68.2 Å². The summed E-state index contributed by atoms with van der Waals surface area (Å²) in [4.78, 5) is 9.77. The molecule has 0 aliphatic carbocycles. The first-order valence-electron chi connectivity index (χ1n) is 26.3. The van der Waals surface area contributed by atoms with Gasteiger partial charge >= 0.3 is 0 Å². The number of hydrogen-bond acceptors (Lipinski definition) is 4. The Labute approximate surface area is 445 Å². The first-order valence-corrected chi connectivity index (χ1v) is 26.3. The van der Waals surface area contributed by atoms with E-state index in [1.165, 1.54) is 54.6 Å². The summed E-state index contributed by atoms with van der Waals surface area (Å²) in [5.74, 6) is 0. The first kappa shape index (κ1) is 46.2. The van der Waals surface area contributed by atoms with Crippen molar-refractivity contribution in [2.24, 2.45) is 0 Å². The van der Waals surface area contributed by atoms with Crippen LogP contribution in [0.25, 0.3) is 43.1 Å². The Morgan fingerprint density at radius 2 is 0.395 bits per heavy atom. The predicted molar refractivity (Wildman–Crippen MR) is 325 cm³/mol. The van der Waals surface area contributed by atoms with Crippen molar-refractivity contribution < 1.29 is 0 Å². The molecule has 13 aromatic rings. The average molecular weight is 977 g/mol. The third-order valence-corrected chi connectivity index (χ3v) is 15.1. The zero-order valence-electron chi connectivity index (χ0n) is 43.2. The molecule has 0 unspecified atom stereocenters. The maximum atomic E-state index is 2.46. The summed E-state index contributed by atoms with van der Waals surface area (Å²) in [5.41, 5.74) is 18.0. The Hall–Kier alpha value is -9.64. The molecule has 13 rings (SSSR count). The lowest BCUT2D eigenvalue weighted by Gasteiger charge is -2.31. The van der Waals surface area contributed by atoms with Crippen LogP contribution in [-0.2, 0) is 0 Å². The highest BCUT2D eigenvalue weighted by atomic mass is 15.2. The molecular weight excluding hydrogens is 921 g/mol. The third kappa shape index (κ3) is 8.12. The number of rotatable bonds is 12. The normalized spacial score (nSPS) is 11.4. The summed E-state index contributed by atoms with van der Waals surface area (Å²) in [7, 11) is 0. The van der Waals surface area contributed by atoms with Crippen LogP contribution in [0, 0.1) is 27.7 Å². The molecule has 0 bridgehead atoms. The minimum absolute atomic E-state index is 1.08. The standard InChI is InChI=1S/C72H56N4/c1-49-25-17-21-37-67(49)73(55-29-9-5-10-30-55)59-41-53-42-60(74(56-31-11-6-12-32-56)68-38-22-18-26-50(68)2)47-65-66-48-62(76(58-35-15-8-16-36-58)70-40-24-20-28-52(70)4)44-54-43-61(46-64(72(54)66)63(45-59)71(53)65)75(57-33-13-7-14-34-57)69-39-23-19-27-51(69)3/h5-48H,1-4H3. The molecule has 0 fully saturated rings. The fourth-order valence-electron chi connectivity index (χ4n) is 11.6. The Bertz CT molecular complexity index is 3690. The summed E-state index contributed by atoms with van der Waals surface area (Å²) in [5, 5.41) is 9.49. The van der Waals surface area contributed by atoms with Crippen LogP contribution in [0.1, 0.15) is 22.3 Å². The minimum Gasteiger partial charge on any atom is -0.310 e. The average Bonchev–Trinajstić information content (AvgIpc) is 3.52. The van der Waals surface area contributed by atoms with E-state index in [1.54, 1.807) is 0 Å². The highest BCUT2D eigenvalue weighted by molar-refractivity contribution is 6.35. The number of aryl methyl sites for hydroxylation is 4. The van der Waals surface area contributed by atoms with Crippen LogP contribution >= 0.6 is 0 Å². The van der Waals surface area contributed by atoms with E-state index >= 15 is 0 Å². The smallest absolute Gasteiger partial charge is 0.0490 e. The molecule has 0 atom stereocenters. The molecule has 0 aromatic heterocycles. The molecule has 0 amide bonds. The van der Waals surface area contributed by atoms with Crippen LogP contribution in [0.15, 0.2) is 267 Å². The molecule has 0 aliphatic heterocycles. The van der Waals surface area contributed by atoms with Gasteiger partial charge in [0.1, 0.15) is 0 Å². The second-order valence-electron chi connectivity index (χ2n) is 20.0. The lowest BCUT2D eigenvalue weighted by atomic mass is 9.87. The van der Waals surface area contributed by atoms with Gasteiger partial charge < -0.3 is 19.6 Å². The van der Waals surface area contributed by atoms with Crippen LogP contribution in [0.3, 0.4) is 0 Å². The van der Waals surface area contributed by atoms with E-state index in [2.05, 4.69) is 314 Å². The van der Waals surface area contributed by atoms with Gasteiger partial charge in [-0.3, -0.25) is 0 Å². The number of nitrogens with zero attached hydrogens (tertiary/aromatic N) is 4. The van der Waals surface area contributed by atoms with Gasteiger partial charge in [-0.25, -0.2) is 0 Å². The molecule has 0 radical (unpaired) electrons. The Balaban J connectivity index is 1.22. The van der Waals surface area contributed by atoms with Crippen molar-refractivity contribution in [3.05, 3.63) is 289 Å². The third-order valence-electron chi connectivity index (χ3n) is 15.1. The van der Waals surface area contributed by atoms with E-state index in [0.29, 0.717) is 0 Å². The molecule has 0 saturated heterocycles. The fourth-order valence-corrected chi connectivity index (χ4v) is 11.6. The van der Waals surface area contributed by atoms with Crippen molar-refractivity contribution >= 4 is 111 Å². The van der Waals surface area contributed by atoms with Crippen molar-refractivity contribution in [1.29, 1.82) is 0 Å². The van der Waals surface area contributed by atoms with Crippen LogP contribution in [0.5, 0.6) is 0 Å². The molecular formula is C72H56N4. The number of anilines is 12. The quantitative estimate of drug-likeness (QED) is 0.0893.